The van der Waals surface area contributed by atoms with Gasteiger partial charge >= 0.3 is 0 Å². The summed E-state index contributed by atoms with van der Waals surface area (Å²) in [5.74, 6) is 1.37. The lowest BCUT2D eigenvalue weighted by Gasteiger charge is -2.36. The number of hydrogen-bond donors (Lipinski definition) is 1. The maximum Gasteiger partial charge on any atom is 0.243 e. The van der Waals surface area contributed by atoms with E-state index in [2.05, 4.69) is 27.3 Å². The summed E-state index contributed by atoms with van der Waals surface area (Å²) in [7, 11) is 1.61. The zero-order chi connectivity index (χ0) is 28.2. The summed E-state index contributed by atoms with van der Waals surface area (Å²) < 4.78 is 16.2. The van der Waals surface area contributed by atoms with Crippen LogP contribution in [-0.2, 0) is 17.9 Å². The van der Waals surface area contributed by atoms with Gasteiger partial charge in [0.15, 0.2) is 23.2 Å². The number of methoxy groups -OCH3 is 1. The van der Waals surface area contributed by atoms with Crippen LogP contribution in [0.25, 0.3) is 11.0 Å². The minimum Gasteiger partial charge on any atom is -0.497 e. The van der Waals surface area contributed by atoms with Crippen molar-refractivity contribution in [1.82, 2.24) is 20.2 Å². The molecular weight excluding hydrogens is 520 g/mol. The summed E-state index contributed by atoms with van der Waals surface area (Å²) in [6.07, 6.45) is 0. The van der Waals surface area contributed by atoms with Crippen LogP contribution < -0.4 is 24.4 Å². The van der Waals surface area contributed by atoms with Crippen molar-refractivity contribution in [3.05, 3.63) is 83.6 Å². The van der Waals surface area contributed by atoms with Crippen LogP contribution in [0.4, 0.5) is 5.82 Å². The number of hydrogen-bond acceptors (Lipinski definition) is 9. The zero-order valence-electron chi connectivity index (χ0n) is 22.7. The second kappa shape index (κ2) is 11.7. The second-order valence-corrected chi connectivity index (χ2v) is 10.00. The van der Waals surface area contributed by atoms with Crippen LogP contribution in [0.3, 0.4) is 0 Å². The molecule has 3 heterocycles. The maximum atomic E-state index is 13.3. The van der Waals surface area contributed by atoms with Gasteiger partial charge < -0.3 is 24.4 Å². The molecule has 10 heteroatoms. The first-order chi connectivity index (χ1) is 20.1. The Morgan fingerprint density at radius 2 is 1.68 bits per heavy atom. The lowest BCUT2D eigenvalue weighted by Crippen LogP contribution is -2.47. The van der Waals surface area contributed by atoms with E-state index >= 15 is 0 Å². The van der Waals surface area contributed by atoms with Gasteiger partial charge in [-0.25, -0.2) is 9.97 Å². The van der Waals surface area contributed by atoms with E-state index in [-0.39, 0.29) is 13.3 Å². The zero-order valence-corrected chi connectivity index (χ0v) is 22.7. The number of aromatic nitrogens is 2. The number of nitriles is 1. The molecule has 0 spiro atoms. The summed E-state index contributed by atoms with van der Waals surface area (Å²) in [6, 6.07) is 23.2. The Labute approximate surface area is 238 Å². The van der Waals surface area contributed by atoms with E-state index < -0.39 is 11.8 Å². The lowest BCUT2D eigenvalue weighted by molar-refractivity contribution is -0.121. The molecule has 0 aliphatic carbocycles. The highest BCUT2D eigenvalue weighted by Gasteiger charge is 2.30. The lowest BCUT2D eigenvalue weighted by atomic mass is 10.0. The number of para-hydroxylation sites is 2. The second-order valence-electron chi connectivity index (χ2n) is 10.00. The third-order valence-electron chi connectivity index (χ3n) is 7.38. The molecule has 4 aromatic rings. The Hall–Kier alpha value is -4.88. The van der Waals surface area contributed by atoms with Crippen LogP contribution in [0.15, 0.2) is 66.7 Å². The number of rotatable bonds is 8. The smallest absolute Gasteiger partial charge is 0.243 e. The minimum absolute atomic E-state index is 0.260. The van der Waals surface area contributed by atoms with Gasteiger partial charge in [0, 0.05) is 39.3 Å². The number of anilines is 1. The molecule has 1 N–H and O–H groups in total. The molecule has 0 radical (unpaired) electrons. The quantitative estimate of drug-likeness (QED) is 0.352. The van der Waals surface area contributed by atoms with Gasteiger partial charge in [0.25, 0.3) is 0 Å². The van der Waals surface area contributed by atoms with Crippen molar-refractivity contribution in [3.8, 4) is 23.3 Å². The van der Waals surface area contributed by atoms with Crippen molar-refractivity contribution in [2.45, 2.75) is 19.0 Å². The molecule has 1 amide bonds. The first kappa shape index (κ1) is 26.3. The van der Waals surface area contributed by atoms with Crippen molar-refractivity contribution < 1.29 is 19.0 Å². The molecule has 41 heavy (non-hydrogen) atoms. The summed E-state index contributed by atoms with van der Waals surface area (Å²) in [4.78, 5) is 27.5. The molecule has 2 aliphatic heterocycles. The van der Waals surface area contributed by atoms with Crippen molar-refractivity contribution in [3.63, 3.8) is 0 Å². The Morgan fingerprint density at radius 1 is 0.976 bits per heavy atom. The number of carbonyl (C=O) groups excluding carboxylic acids is 1. The molecule has 0 saturated carbocycles. The number of benzene rings is 3. The van der Waals surface area contributed by atoms with Crippen LogP contribution in [0.2, 0.25) is 0 Å². The van der Waals surface area contributed by atoms with E-state index in [0.29, 0.717) is 30.1 Å². The van der Waals surface area contributed by atoms with Gasteiger partial charge in [-0.05, 0) is 47.5 Å². The van der Waals surface area contributed by atoms with Crippen molar-refractivity contribution in [2.75, 3.05) is 45.0 Å². The molecule has 2 aliphatic rings. The van der Waals surface area contributed by atoms with Crippen LogP contribution in [0.5, 0.6) is 17.2 Å². The maximum absolute atomic E-state index is 13.3. The number of carbonyl (C=O) groups is 1. The predicted octanol–water partition coefficient (Wildman–Crippen LogP) is 3.61. The molecule has 1 saturated heterocycles. The minimum atomic E-state index is -1.10. The number of ether oxygens (including phenoxy) is 3. The number of nitrogens with one attached hydrogen (secondary N) is 1. The highest BCUT2D eigenvalue weighted by molar-refractivity contribution is 5.88. The summed E-state index contributed by atoms with van der Waals surface area (Å²) in [5.41, 5.74) is 3.81. The molecule has 1 unspecified atom stereocenters. The van der Waals surface area contributed by atoms with Crippen LogP contribution >= 0.6 is 0 Å². The van der Waals surface area contributed by atoms with Gasteiger partial charge in [-0.2, -0.15) is 5.26 Å². The van der Waals surface area contributed by atoms with Crippen LogP contribution in [0, 0.1) is 11.3 Å². The largest absolute Gasteiger partial charge is 0.497 e. The van der Waals surface area contributed by atoms with E-state index in [4.69, 9.17) is 24.2 Å². The summed E-state index contributed by atoms with van der Waals surface area (Å²) >= 11 is 0. The highest BCUT2D eigenvalue weighted by atomic mass is 16.7. The number of piperazine rings is 1. The molecular formula is C31H30N6O4. The Bertz CT molecular complexity index is 1600. The van der Waals surface area contributed by atoms with Crippen LogP contribution in [0.1, 0.15) is 22.7 Å². The third kappa shape index (κ3) is 5.71. The first-order valence-electron chi connectivity index (χ1n) is 13.5. The van der Waals surface area contributed by atoms with Gasteiger partial charge in [0.1, 0.15) is 11.4 Å². The van der Waals surface area contributed by atoms with Crippen molar-refractivity contribution in [1.29, 1.82) is 5.26 Å². The van der Waals surface area contributed by atoms with Gasteiger partial charge in [-0.15, -0.1) is 0 Å². The predicted molar refractivity (Wildman–Crippen MR) is 153 cm³/mol. The molecule has 208 valence electrons. The monoisotopic (exact) mass is 550 g/mol. The van der Waals surface area contributed by atoms with E-state index in [1.54, 1.807) is 7.11 Å². The fourth-order valence-corrected chi connectivity index (χ4v) is 5.12. The Kier molecular flexibility index (Phi) is 7.52. The average molecular weight is 551 g/mol. The summed E-state index contributed by atoms with van der Waals surface area (Å²) in [6.45, 7) is 4.31. The molecule has 10 nitrogen and oxygen atoms in total. The van der Waals surface area contributed by atoms with E-state index in [1.807, 2.05) is 60.7 Å². The number of amides is 1. The van der Waals surface area contributed by atoms with Crippen LogP contribution in [-0.4, -0.2) is 60.9 Å². The third-order valence-corrected chi connectivity index (χ3v) is 7.38. The van der Waals surface area contributed by atoms with Crippen molar-refractivity contribution in [2.24, 2.45) is 0 Å². The highest BCUT2D eigenvalue weighted by Crippen LogP contribution is 2.33. The fourth-order valence-electron chi connectivity index (χ4n) is 5.12. The molecule has 1 fully saturated rings. The van der Waals surface area contributed by atoms with Gasteiger partial charge in [0.05, 0.1) is 24.2 Å². The molecule has 3 aromatic carbocycles. The Balaban J connectivity index is 1.19. The van der Waals surface area contributed by atoms with E-state index in [9.17, 15) is 10.1 Å². The normalized spacial score (nSPS) is 15.4. The molecule has 0 bridgehead atoms. The number of nitrogens with zero attached hydrogens (tertiary/aromatic N) is 5. The molecule has 1 aromatic heterocycles. The number of fused-ring (bicyclic) bond motifs is 2. The van der Waals surface area contributed by atoms with Gasteiger partial charge in [-0.1, -0.05) is 30.3 Å². The Morgan fingerprint density at radius 3 is 2.41 bits per heavy atom. The topological polar surface area (TPSA) is 113 Å². The standard InChI is InChI=1S/C31H30N6O4/c1-39-23-9-6-21(7-10-23)18-33-31(38)24(17-32)29-30(35-26-5-3-2-4-25(26)34-29)37-14-12-36(13-15-37)19-22-8-11-27-28(16-22)41-20-40-27/h2-11,16,24H,12-15,18-20H2,1H3,(H,33,38). The average Bonchev–Trinajstić information content (AvgIpc) is 3.49. The van der Waals surface area contributed by atoms with E-state index in [1.165, 1.54) is 0 Å². The molecule has 6 rings (SSSR count). The molecule has 1 atom stereocenters. The van der Waals surface area contributed by atoms with Crippen molar-refractivity contribution >= 4 is 22.8 Å². The van der Waals surface area contributed by atoms with Gasteiger partial charge in [0.2, 0.25) is 12.7 Å². The van der Waals surface area contributed by atoms with E-state index in [0.717, 1.165) is 53.5 Å². The van der Waals surface area contributed by atoms with Gasteiger partial charge in [-0.3, -0.25) is 9.69 Å². The summed E-state index contributed by atoms with van der Waals surface area (Å²) in [5, 5.41) is 13.0. The fraction of sp³-hybridized carbons (Fsp3) is 0.290. The SMILES string of the molecule is COc1ccc(CNC(=O)C(C#N)c2nc3ccccc3nc2N2CCN(Cc3ccc4c(c3)OCO4)CC2)cc1. The first-order valence-corrected chi connectivity index (χ1v) is 13.5.